The van der Waals surface area contributed by atoms with E-state index in [-0.39, 0.29) is 28.1 Å². The van der Waals surface area contributed by atoms with E-state index in [0.29, 0.717) is 54.3 Å². The van der Waals surface area contributed by atoms with E-state index >= 15 is 0 Å². The van der Waals surface area contributed by atoms with E-state index in [1.54, 1.807) is 12.7 Å². The molecule has 300 valence electrons. The average molecular weight is 762 g/mol. The quantitative estimate of drug-likeness (QED) is 0.130. The van der Waals surface area contributed by atoms with Gasteiger partial charge in [-0.15, -0.1) is 6.42 Å². The highest BCUT2D eigenvalue weighted by Gasteiger charge is 2.65. The lowest BCUT2D eigenvalue weighted by Gasteiger charge is -2.55. The van der Waals surface area contributed by atoms with Gasteiger partial charge in [0.1, 0.15) is 5.60 Å². The summed E-state index contributed by atoms with van der Waals surface area (Å²) in [5.74, 6) is 7.37. The second kappa shape index (κ2) is 15.1. The van der Waals surface area contributed by atoms with Crippen LogP contribution in [0.15, 0.2) is 63.9 Å². The van der Waals surface area contributed by atoms with Gasteiger partial charge in [-0.2, -0.15) is 0 Å². The Morgan fingerprint density at radius 2 is 1.62 bits per heavy atom. The standard InChI is InChI=1S/C28H35NO4.C21H28O2/c1-27-15-24(19-6-4-18(5-7-19)16-29-31)26-22-11-9-21(30)14-20(22)8-10-23(26)25(27)12-13-28(27,33-3)17-32-2;1-3-20-11-9-17-16-8-6-15(22)13-14(16)5-7-18(17)19(20)10-12-21(20,23)4-2/h4-7,14,16,23-25,31H,8-13,15,17H2,1-3H3;2,13,16-19,23H,3,5-12H2,1H3/b29-16+;/t23-,24+,25-,27-,28+;16-,17+,18+,19-,20-,21-/m00/s1. The van der Waals surface area contributed by atoms with Crippen molar-refractivity contribution in [2.75, 3.05) is 20.8 Å². The summed E-state index contributed by atoms with van der Waals surface area (Å²) in [5, 5.41) is 23.2. The Kier molecular flexibility index (Phi) is 10.7. The van der Waals surface area contributed by atoms with Gasteiger partial charge in [0.15, 0.2) is 11.6 Å². The monoisotopic (exact) mass is 761 g/mol. The molecule has 5 fully saturated rings. The van der Waals surface area contributed by atoms with Crippen molar-refractivity contribution in [1.82, 2.24) is 0 Å². The number of benzene rings is 1. The van der Waals surface area contributed by atoms with E-state index in [4.69, 9.17) is 21.1 Å². The van der Waals surface area contributed by atoms with E-state index in [1.165, 1.54) is 41.3 Å². The van der Waals surface area contributed by atoms with Crippen molar-refractivity contribution >= 4 is 17.8 Å². The molecular weight excluding hydrogens is 699 g/mol. The van der Waals surface area contributed by atoms with Crippen LogP contribution in [-0.2, 0) is 19.1 Å². The lowest BCUT2D eigenvalue weighted by Crippen LogP contribution is -2.54. The number of carbonyl (C=O) groups excluding carboxylic acids is 2. The van der Waals surface area contributed by atoms with Crippen molar-refractivity contribution in [2.45, 2.75) is 134 Å². The average Bonchev–Trinajstić information content (AvgIpc) is 3.68. The molecule has 0 aromatic heterocycles. The molecule has 2 N–H and O–H groups in total. The first-order valence-electron chi connectivity index (χ1n) is 21.7. The molecule has 8 aliphatic rings. The number of ketones is 2. The van der Waals surface area contributed by atoms with Gasteiger partial charge < -0.3 is 19.8 Å². The second-order valence-corrected chi connectivity index (χ2v) is 19.0. The van der Waals surface area contributed by atoms with E-state index in [9.17, 15) is 14.7 Å². The highest BCUT2D eigenvalue weighted by Crippen LogP contribution is 2.68. The van der Waals surface area contributed by atoms with Gasteiger partial charge in [-0.05, 0) is 160 Å². The van der Waals surface area contributed by atoms with Crippen molar-refractivity contribution in [1.29, 1.82) is 0 Å². The highest BCUT2D eigenvalue weighted by atomic mass is 16.5. The molecule has 7 heteroatoms. The summed E-state index contributed by atoms with van der Waals surface area (Å²) < 4.78 is 12.0. The first-order valence-corrected chi connectivity index (χ1v) is 21.7. The third-order valence-electron chi connectivity index (χ3n) is 17.4. The molecule has 0 bridgehead atoms. The number of hydrogen-bond donors (Lipinski definition) is 2. The third kappa shape index (κ3) is 6.06. The van der Waals surface area contributed by atoms with Crippen LogP contribution in [0, 0.1) is 58.7 Å². The lowest BCUT2D eigenvalue weighted by molar-refractivity contribution is -0.149. The van der Waals surface area contributed by atoms with Crippen LogP contribution in [0.25, 0.3) is 0 Å². The second-order valence-electron chi connectivity index (χ2n) is 19.0. The summed E-state index contributed by atoms with van der Waals surface area (Å²) in [6.07, 6.45) is 27.1. The van der Waals surface area contributed by atoms with Gasteiger partial charge in [-0.1, -0.05) is 60.3 Å². The van der Waals surface area contributed by atoms with Crippen molar-refractivity contribution in [3.63, 3.8) is 0 Å². The maximum atomic E-state index is 12.2. The zero-order valence-electron chi connectivity index (χ0n) is 34.2. The minimum atomic E-state index is -0.893. The minimum Gasteiger partial charge on any atom is -0.411 e. The number of carbonyl (C=O) groups is 2. The van der Waals surface area contributed by atoms with Crippen LogP contribution >= 0.6 is 0 Å². The molecule has 11 atom stereocenters. The number of terminal acetylenes is 1. The summed E-state index contributed by atoms with van der Waals surface area (Å²) in [7, 11) is 3.64. The van der Waals surface area contributed by atoms with Crippen LogP contribution < -0.4 is 0 Å². The van der Waals surface area contributed by atoms with Gasteiger partial charge in [0.25, 0.3) is 0 Å². The Balaban J connectivity index is 0.000000168. The van der Waals surface area contributed by atoms with Crippen molar-refractivity contribution in [3.8, 4) is 12.3 Å². The van der Waals surface area contributed by atoms with Crippen LogP contribution in [0.1, 0.15) is 134 Å². The van der Waals surface area contributed by atoms with Gasteiger partial charge in [0.05, 0.1) is 18.4 Å². The van der Waals surface area contributed by atoms with Gasteiger partial charge in [0, 0.05) is 43.8 Å². The molecule has 1 aromatic rings. The Bertz CT molecular complexity index is 1880. The topological polar surface area (TPSA) is 105 Å². The third-order valence-corrected chi connectivity index (χ3v) is 17.4. The Hall–Kier alpha value is -3.31. The molecule has 0 aliphatic heterocycles. The van der Waals surface area contributed by atoms with E-state index in [0.717, 1.165) is 89.0 Å². The Morgan fingerprint density at radius 1 is 0.875 bits per heavy atom. The molecule has 56 heavy (non-hydrogen) atoms. The van der Waals surface area contributed by atoms with Crippen LogP contribution in [0.3, 0.4) is 0 Å². The summed E-state index contributed by atoms with van der Waals surface area (Å²) in [6, 6.07) is 8.42. The molecule has 0 radical (unpaired) electrons. The number of oxime groups is 1. The zero-order valence-corrected chi connectivity index (χ0v) is 34.2. The van der Waals surface area contributed by atoms with Crippen LogP contribution in [0.4, 0.5) is 0 Å². The normalized spacial score (nSPS) is 41.2. The number of fused-ring (bicyclic) bond motifs is 9. The molecule has 1 aromatic carbocycles. The largest absolute Gasteiger partial charge is 0.411 e. The predicted molar refractivity (Wildman–Crippen MR) is 218 cm³/mol. The lowest BCUT2D eigenvalue weighted by atomic mass is 9.49. The summed E-state index contributed by atoms with van der Waals surface area (Å²) in [4.78, 5) is 23.9. The number of hydrogen-bond acceptors (Lipinski definition) is 7. The molecule has 8 aliphatic carbocycles. The molecule has 0 amide bonds. The molecule has 7 nitrogen and oxygen atoms in total. The van der Waals surface area contributed by atoms with Crippen LogP contribution in [0.5, 0.6) is 0 Å². The van der Waals surface area contributed by atoms with E-state index in [1.807, 2.05) is 31.4 Å². The van der Waals surface area contributed by atoms with E-state index in [2.05, 4.69) is 37.1 Å². The number of aliphatic hydroxyl groups is 1. The minimum absolute atomic E-state index is 0.00802. The molecular formula is C49H63NO6. The highest BCUT2D eigenvalue weighted by molar-refractivity contribution is 5.93. The first-order chi connectivity index (χ1) is 27.0. The fourth-order valence-corrected chi connectivity index (χ4v) is 14.7. The number of ether oxygens (including phenoxy) is 2. The van der Waals surface area contributed by atoms with E-state index < -0.39 is 5.60 Å². The van der Waals surface area contributed by atoms with Gasteiger partial charge in [-0.25, -0.2) is 0 Å². The molecule has 9 rings (SSSR count). The molecule has 0 heterocycles. The summed E-state index contributed by atoms with van der Waals surface area (Å²) in [5.41, 5.74) is 6.71. The van der Waals surface area contributed by atoms with Gasteiger partial charge >= 0.3 is 0 Å². The fraction of sp³-hybridized carbons (Fsp3) is 0.653. The summed E-state index contributed by atoms with van der Waals surface area (Å²) in [6.45, 7) is 5.27. The number of rotatable bonds is 6. The maximum Gasteiger partial charge on any atom is 0.156 e. The number of allylic oxidation sites excluding steroid dienone is 5. The van der Waals surface area contributed by atoms with Gasteiger partial charge in [0.2, 0.25) is 0 Å². The Morgan fingerprint density at radius 3 is 2.34 bits per heavy atom. The first kappa shape index (κ1) is 39.5. The molecule has 5 saturated carbocycles. The molecule has 0 saturated heterocycles. The maximum absolute atomic E-state index is 12.2. The Labute approximate surface area is 334 Å². The number of nitrogens with zero attached hydrogens (tertiary/aromatic N) is 1. The van der Waals surface area contributed by atoms with Crippen molar-refractivity contribution in [2.24, 2.45) is 51.5 Å². The van der Waals surface area contributed by atoms with Crippen molar-refractivity contribution in [3.05, 3.63) is 69.8 Å². The van der Waals surface area contributed by atoms with Crippen LogP contribution in [-0.4, -0.2) is 60.1 Å². The fourth-order valence-electron chi connectivity index (χ4n) is 14.7. The molecule has 0 unspecified atom stereocenters. The van der Waals surface area contributed by atoms with Gasteiger partial charge in [-0.3, -0.25) is 9.59 Å². The van der Waals surface area contributed by atoms with Crippen LogP contribution in [0.2, 0.25) is 0 Å². The molecule has 0 spiro atoms. The zero-order chi connectivity index (χ0) is 39.5. The summed E-state index contributed by atoms with van der Waals surface area (Å²) >= 11 is 0. The SMILES string of the molecule is C#C[C@]1(O)CC[C@H]2[C@@H]3CCC4=CC(=O)CC[C@@H]4[C@H]3CC[C@@]21CC.COC[C@]1(OC)CC[C@H]2[C@@H]3CCC4=CC(=O)CCC4=C3[C@@H](c3ccc(/C=N/O)cc3)C[C@@]21C. The smallest absolute Gasteiger partial charge is 0.156 e. The number of methoxy groups -OCH3 is 2. The van der Waals surface area contributed by atoms with Crippen molar-refractivity contribution < 1.29 is 29.4 Å². The predicted octanol–water partition coefficient (Wildman–Crippen LogP) is 9.31.